The summed E-state index contributed by atoms with van der Waals surface area (Å²) < 4.78 is 5.15. The van der Waals surface area contributed by atoms with E-state index in [0.29, 0.717) is 17.1 Å². The summed E-state index contributed by atoms with van der Waals surface area (Å²) >= 11 is 0. The molecule has 29 heavy (non-hydrogen) atoms. The van der Waals surface area contributed by atoms with E-state index in [0.717, 1.165) is 25.7 Å². The Balaban J connectivity index is 1.43. The average molecular weight is 398 g/mol. The molecule has 1 fully saturated rings. The molecule has 1 atom stereocenters. The predicted molar refractivity (Wildman–Crippen MR) is 109 cm³/mol. The second-order valence-corrected chi connectivity index (χ2v) is 7.17. The quantitative estimate of drug-likeness (QED) is 0.573. The molecule has 1 saturated carbocycles. The molecule has 8 nitrogen and oxygen atoms in total. The van der Waals surface area contributed by atoms with Crippen molar-refractivity contribution in [3.8, 4) is 0 Å². The highest BCUT2D eigenvalue weighted by Crippen LogP contribution is 2.24. The van der Waals surface area contributed by atoms with Crippen molar-refractivity contribution in [2.45, 2.75) is 45.2 Å². The minimum Gasteiger partial charge on any atom is -0.467 e. The lowest BCUT2D eigenvalue weighted by molar-refractivity contribution is -0.128. The van der Waals surface area contributed by atoms with Crippen LogP contribution in [0.25, 0.3) is 0 Å². The van der Waals surface area contributed by atoms with Gasteiger partial charge in [-0.2, -0.15) is 0 Å². The molecule has 1 aromatic heterocycles. The number of hydrogen-bond acceptors (Lipinski definition) is 4. The molecule has 1 aliphatic carbocycles. The summed E-state index contributed by atoms with van der Waals surface area (Å²) in [7, 11) is 0. The number of carbonyl (C=O) groups excluding carboxylic acids is 3. The number of benzene rings is 1. The van der Waals surface area contributed by atoms with E-state index in [9.17, 15) is 14.4 Å². The molecule has 1 aromatic carbocycles. The third-order valence-electron chi connectivity index (χ3n) is 4.89. The van der Waals surface area contributed by atoms with Crippen LogP contribution in [0.4, 0.5) is 16.2 Å². The van der Waals surface area contributed by atoms with E-state index >= 15 is 0 Å². The number of amides is 4. The van der Waals surface area contributed by atoms with Crippen LogP contribution in [0.2, 0.25) is 0 Å². The van der Waals surface area contributed by atoms with Crippen molar-refractivity contribution in [3.63, 3.8) is 0 Å². The Kier molecular flexibility index (Phi) is 6.89. The van der Waals surface area contributed by atoms with E-state index in [1.54, 1.807) is 49.6 Å². The molecule has 1 heterocycles. The summed E-state index contributed by atoms with van der Waals surface area (Å²) in [5, 5.41) is 10.9. The highest BCUT2D eigenvalue weighted by atomic mass is 16.3. The van der Waals surface area contributed by atoms with Gasteiger partial charge in [0.15, 0.2) is 0 Å². The fourth-order valence-electron chi connectivity index (χ4n) is 3.23. The number of urea groups is 1. The fourth-order valence-corrected chi connectivity index (χ4v) is 3.23. The lowest BCUT2D eigenvalue weighted by Gasteiger charge is -2.17. The normalized spacial score (nSPS) is 14.8. The highest BCUT2D eigenvalue weighted by molar-refractivity contribution is 5.97. The van der Waals surface area contributed by atoms with E-state index in [4.69, 9.17) is 4.42 Å². The molecule has 4 amide bonds. The third kappa shape index (κ3) is 6.10. The highest BCUT2D eigenvalue weighted by Gasteiger charge is 2.25. The van der Waals surface area contributed by atoms with E-state index in [1.807, 2.05) is 0 Å². The van der Waals surface area contributed by atoms with Crippen molar-refractivity contribution in [3.05, 3.63) is 48.4 Å². The van der Waals surface area contributed by atoms with Gasteiger partial charge in [-0.25, -0.2) is 4.79 Å². The molecular weight excluding hydrogens is 372 g/mol. The number of rotatable bonds is 7. The summed E-state index contributed by atoms with van der Waals surface area (Å²) in [6, 6.07) is 9.29. The molecule has 0 bridgehead atoms. The standard InChI is InChI=1S/C21H26N4O4/c1-14(23-20(27)15-5-2-3-6-15)19(26)24-16-8-10-17(11-9-16)25-21(28)22-13-18-7-4-12-29-18/h4,7-12,14-15H,2-3,5-6,13H2,1H3,(H,23,27)(H,24,26)(H2,22,25,28)/t14-/m1/s1. The Morgan fingerprint density at radius 2 is 1.69 bits per heavy atom. The third-order valence-corrected chi connectivity index (χ3v) is 4.89. The zero-order chi connectivity index (χ0) is 20.6. The van der Waals surface area contributed by atoms with Gasteiger partial charge < -0.3 is 25.7 Å². The number of hydrogen-bond donors (Lipinski definition) is 4. The summed E-state index contributed by atoms with van der Waals surface area (Å²) in [5.41, 5.74) is 1.17. The first kappa shape index (κ1) is 20.4. The maximum Gasteiger partial charge on any atom is 0.319 e. The Morgan fingerprint density at radius 3 is 2.31 bits per heavy atom. The maximum atomic E-state index is 12.3. The van der Waals surface area contributed by atoms with Gasteiger partial charge in [0.05, 0.1) is 12.8 Å². The van der Waals surface area contributed by atoms with Gasteiger partial charge in [0, 0.05) is 17.3 Å². The maximum absolute atomic E-state index is 12.3. The van der Waals surface area contributed by atoms with Crippen molar-refractivity contribution in [1.82, 2.24) is 10.6 Å². The minimum atomic E-state index is -0.617. The van der Waals surface area contributed by atoms with E-state index in [-0.39, 0.29) is 30.3 Å². The van der Waals surface area contributed by atoms with Gasteiger partial charge in [0.1, 0.15) is 11.8 Å². The number of anilines is 2. The van der Waals surface area contributed by atoms with Crippen LogP contribution in [0.3, 0.4) is 0 Å². The molecule has 0 radical (unpaired) electrons. The van der Waals surface area contributed by atoms with Crippen LogP contribution in [0.1, 0.15) is 38.4 Å². The Bertz CT molecular complexity index is 827. The first-order valence-corrected chi connectivity index (χ1v) is 9.80. The molecule has 3 rings (SSSR count). The van der Waals surface area contributed by atoms with Crippen LogP contribution in [0.5, 0.6) is 0 Å². The zero-order valence-electron chi connectivity index (χ0n) is 16.4. The zero-order valence-corrected chi connectivity index (χ0v) is 16.4. The molecule has 154 valence electrons. The molecule has 1 aliphatic rings. The van der Waals surface area contributed by atoms with Crippen LogP contribution in [-0.2, 0) is 16.1 Å². The Hall–Kier alpha value is -3.29. The first-order valence-electron chi connectivity index (χ1n) is 9.80. The number of furan rings is 1. The summed E-state index contributed by atoms with van der Waals surface area (Å²) in [6.07, 6.45) is 5.47. The van der Waals surface area contributed by atoms with Crippen LogP contribution >= 0.6 is 0 Å². The van der Waals surface area contributed by atoms with Crippen molar-refractivity contribution in [2.75, 3.05) is 10.6 Å². The molecular formula is C21H26N4O4. The number of carbonyl (C=O) groups is 3. The van der Waals surface area contributed by atoms with Crippen molar-refractivity contribution >= 4 is 29.2 Å². The summed E-state index contributed by atoms with van der Waals surface area (Å²) in [4.78, 5) is 36.4. The molecule has 0 saturated heterocycles. The molecule has 8 heteroatoms. The number of nitrogens with one attached hydrogen (secondary N) is 4. The van der Waals surface area contributed by atoms with Gasteiger partial charge in [-0.1, -0.05) is 12.8 Å². The van der Waals surface area contributed by atoms with Crippen LogP contribution in [0, 0.1) is 5.92 Å². The molecule has 0 unspecified atom stereocenters. The molecule has 2 aromatic rings. The second kappa shape index (κ2) is 9.77. The molecule has 0 aliphatic heterocycles. The van der Waals surface area contributed by atoms with E-state index in [2.05, 4.69) is 21.3 Å². The summed E-state index contributed by atoms with van der Waals surface area (Å²) in [6.45, 7) is 1.96. The van der Waals surface area contributed by atoms with Crippen molar-refractivity contribution in [2.24, 2.45) is 5.92 Å². The monoisotopic (exact) mass is 398 g/mol. The predicted octanol–water partition coefficient (Wildman–Crippen LogP) is 3.23. The smallest absolute Gasteiger partial charge is 0.319 e. The fraction of sp³-hybridized carbons (Fsp3) is 0.381. The lowest BCUT2D eigenvalue weighted by atomic mass is 10.1. The van der Waals surface area contributed by atoms with Crippen LogP contribution < -0.4 is 21.3 Å². The van der Waals surface area contributed by atoms with Gasteiger partial charge in [0.25, 0.3) is 0 Å². The average Bonchev–Trinajstić information content (AvgIpc) is 3.42. The summed E-state index contributed by atoms with van der Waals surface area (Å²) in [5.74, 6) is 0.348. The van der Waals surface area contributed by atoms with Gasteiger partial charge in [-0.15, -0.1) is 0 Å². The van der Waals surface area contributed by atoms with Gasteiger partial charge in [-0.05, 0) is 56.2 Å². The topological polar surface area (TPSA) is 112 Å². The SMILES string of the molecule is C[C@@H](NC(=O)C1CCCC1)C(=O)Nc1ccc(NC(=O)NCc2ccco2)cc1. The van der Waals surface area contributed by atoms with E-state index < -0.39 is 6.04 Å². The van der Waals surface area contributed by atoms with Gasteiger partial charge >= 0.3 is 6.03 Å². The van der Waals surface area contributed by atoms with Crippen molar-refractivity contribution in [1.29, 1.82) is 0 Å². The van der Waals surface area contributed by atoms with Crippen molar-refractivity contribution < 1.29 is 18.8 Å². The van der Waals surface area contributed by atoms with Crippen LogP contribution in [0.15, 0.2) is 47.1 Å². The molecule has 4 N–H and O–H groups in total. The minimum absolute atomic E-state index is 0.0227. The van der Waals surface area contributed by atoms with E-state index in [1.165, 1.54) is 0 Å². The second-order valence-electron chi connectivity index (χ2n) is 7.17. The Labute approximate surface area is 169 Å². The van der Waals surface area contributed by atoms with Gasteiger partial charge in [0.2, 0.25) is 11.8 Å². The first-order chi connectivity index (χ1) is 14.0. The lowest BCUT2D eigenvalue weighted by Crippen LogP contribution is -2.43. The van der Waals surface area contributed by atoms with Crippen LogP contribution in [-0.4, -0.2) is 23.9 Å². The van der Waals surface area contributed by atoms with Gasteiger partial charge in [-0.3, -0.25) is 9.59 Å². The Morgan fingerprint density at radius 1 is 1.03 bits per heavy atom. The molecule has 0 spiro atoms. The largest absolute Gasteiger partial charge is 0.467 e.